The maximum Gasteiger partial charge on any atom is 0.140 e. The summed E-state index contributed by atoms with van der Waals surface area (Å²) < 4.78 is 5.52. The van der Waals surface area contributed by atoms with Crippen LogP contribution < -0.4 is 10.6 Å². The molecule has 6 nitrogen and oxygen atoms in total. The van der Waals surface area contributed by atoms with Crippen molar-refractivity contribution in [3.8, 4) is 0 Å². The number of anilines is 1. The zero-order valence-electron chi connectivity index (χ0n) is 11.3. The molecule has 104 valence electrons. The topological polar surface area (TPSA) is 95.5 Å². The molecule has 1 aromatic rings. The van der Waals surface area contributed by atoms with E-state index >= 15 is 0 Å². The number of aliphatic hydroxyl groups is 1. The van der Waals surface area contributed by atoms with Gasteiger partial charge in [-0.1, -0.05) is 0 Å². The number of nitrogens with one attached hydrogen (secondary N) is 1. The molecule has 2 atom stereocenters. The Kier molecular flexibility index (Phi) is 4.01. The largest absolute Gasteiger partial charge is 0.394 e. The molecule has 6 heteroatoms. The highest BCUT2D eigenvalue weighted by atomic mass is 16.5. The predicted molar refractivity (Wildman–Crippen MR) is 73.6 cm³/mol. The normalized spacial score (nSPS) is 23.4. The molecule has 4 N–H and O–H groups in total. The highest BCUT2D eigenvalue weighted by molar-refractivity contribution is 6.01. The van der Waals surface area contributed by atoms with E-state index in [0.717, 1.165) is 5.56 Å². The molecule has 0 amide bonds. The molecular formula is C13H20N4O2. The second kappa shape index (κ2) is 5.54. The lowest BCUT2D eigenvalue weighted by Crippen LogP contribution is -2.50. The van der Waals surface area contributed by atoms with E-state index < -0.39 is 0 Å². The standard InChI is InChI=1S/C13H20N4O2/c1-8-3-4-16-13(11(8)12(14)15)17-5-10(6-18)19-7-9(17)2/h3-4,9-10,18H,5-7H2,1-2H3,(H3,14,15). The second-order valence-electron chi connectivity index (χ2n) is 4.88. The van der Waals surface area contributed by atoms with E-state index in [0.29, 0.717) is 24.5 Å². The molecular weight excluding hydrogens is 244 g/mol. The number of morpholine rings is 1. The number of nitrogens with zero attached hydrogens (tertiary/aromatic N) is 2. The zero-order valence-corrected chi connectivity index (χ0v) is 11.3. The van der Waals surface area contributed by atoms with Crippen LogP contribution in [0.5, 0.6) is 0 Å². The summed E-state index contributed by atoms with van der Waals surface area (Å²) in [7, 11) is 0. The number of amidine groups is 1. The molecule has 0 spiro atoms. The number of aryl methyl sites for hydroxylation is 1. The Morgan fingerprint density at radius 2 is 2.42 bits per heavy atom. The SMILES string of the molecule is Cc1ccnc(N2CC(CO)OCC2C)c1C(=N)N. The molecule has 1 aliphatic rings. The minimum Gasteiger partial charge on any atom is -0.394 e. The molecule has 2 rings (SSSR count). The summed E-state index contributed by atoms with van der Waals surface area (Å²) in [4.78, 5) is 6.42. The van der Waals surface area contributed by atoms with Crippen molar-refractivity contribution in [2.75, 3.05) is 24.7 Å². The number of hydrogen-bond donors (Lipinski definition) is 3. The Bertz CT molecular complexity index is 478. The second-order valence-corrected chi connectivity index (χ2v) is 4.88. The van der Waals surface area contributed by atoms with Crippen molar-refractivity contribution in [2.24, 2.45) is 5.73 Å². The Hall–Kier alpha value is -1.66. The first-order valence-electron chi connectivity index (χ1n) is 6.33. The van der Waals surface area contributed by atoms with Gasteiger partial charge < -0.3 is 20.5 Å². The third-order valence-electron chi connectivity index (χ3n) is 3.39. The molecule has 2 unspecified atom stereocenters. The van der Waals surface area contributed by atoms with Gasteiger partial charge in [0, 0.05) is 12.7 Å². The number of rotatable bonds is 3. The molecule has 1 aliphatic heterocycles. The van der Waals surface area contributed by atoms with Gasteiger partial charge in [-0.25, -0.2) is 4.98 Å². The smallest absolute Gasteiger partial charge is 0.140 e. The fraction of sp³-hybridized carbons (Fsp3) is 0.538. The third kappa shape index (κ3) is 2.69. The molecule has 0 bridgehead atoms. The number of pyridine rings is 1. The first-order valence-corrected chi connectivity index (χ1v) is 6.33. The Labute approximate surface area is 112 Å². The summed E-state index contributed by atoms with van der Waals surface area (Å²) in [5.41, 5.74) is 7.26. The molecule has 19 heavy (non-hydrogen) atoms. The van der Waals surface area contributed by atoms with E-state index in [4.69, 9.17) is 15.9 Å². The molecule has 0 radical (unpaired) electrons. The third-order valence-corrected chi connectivity index (χ3v) is 3.39. The molecule has 1 aromatic heterocycles. The van der Waals surface area contributed by atoms with Crippen LogP contribution in [0.25, 0.3) is 0 Å². The van der Waals surface area contributed by atoms with Crippen LogP contribution in [0.4, 0.5) is 5.82 Å². The molecule has 0 aromatic carbocycles. The van der Waals surface area contributed by atoms with Crippen molar-refractivity contribution in [2.45, 2.75) is 26.0 Å². The summed E-state index contributed by atoms with van der Waals surface area (Å²) in [6, 6.07) is 1.98. The molecule has 0 aliphatic carbocycles. The van der Waals surface area contributed by atoms with E-state index in [2.05, 4.69) is 4.98 Å². The van der Waals surface area contributed by atoms with Crippen LogP contribution in [-0.4, -0.2) is 47.8 Å². The molecule has 1 fully saturated rings. The fourth-order valence-corrected chi connectivity index (χ4v) is 2.32. The van der Waals surface area contributed by atoms with Gasteiger partial charge in [-0.3, -0.25) is 5.41 Å². The summed E-state index contributed by atoms with van der Waals surface area (Å²) >= 11 is 0. The van der Waals surface area contributed by atoms with E-state index in [1.165, 1.54) is 0 Å². The Balaban J connectivity index is 2.39. The van der Waals surface area contributed by atoms with E-state index in [9.17, 15) is 5.11 Å². The van der Waals surface area contributed by atoms with Crippen LogP contribution in [0.3, 0.4) is 0 Å². The van der Waals surface area contributed by atoms with Crippen molar-refractivity contribution >= 4 is 11.7 Å². The minimum absolute atomic E-state index is 0.0137. The first-order chi connectivity index (χ1) is 9.04. The summed E-state index contributed by atoms with van der Waals surface area (Å²) in [6.07, 6.45) is 1.49. The van der Waals surface area contributed by atoms with Crippen LogP contribution in [0.1, 0.15) is 18.1 Å². The maximum absolute atomic E-state index is 9.24. The van der Waals surface area contributed by atoms with Crippen molar-refractivity contribution in [1.29, 1.82) is 5.41 Å². The fourth-order valence-electron chi connectivity index (χ4n) is 2.32. The van der Waals surface area contributed by atoms with Crippen LogP contribution in [0.2, 0.25) is 0 Å². The van der Waals surface area contributed by atoms with Crippen molar-refractivity contribution in [1.82, 2.24) is 4.98 Å². The number of hydrogen-bond acceptors (Lipinski definition) is 5. The van der Waals surface area contributed by atoms with E-state index in [-0.39, 0.29) is 24.6 Å². The molecule has 0 saturated carbocycles. The van der Waals surface area contributed by atoms with Crippen molar-refractivity contribution in [3.05, 3.63) is 23.4 Å². The zero-order chi connectivity index (χ0) is 14.0. The lowest BCUT2D eigenvalue weighted by Gasteiger charge is -2.39. The van der Waals surface area contributed by atoms with Gasteiger partial charge in [0.05, 0.1) is 30.9 Å². The lowest BCUT2D eigenvalue weighted by molar-refractivity contribution is -0.0105. The quantitative estimate of drug-likeness (QED) is 0.537. The van der Waals surface area contributed by atoms with Gasteiger partial charge in [-0.2, -0.15) is 0 Å². The predicted octanol–water partition coefficient (Wildman–Crippen LogP) is 0.260. The van der Waals surface area contributed by atoms with Gasteiger partial charge in [-0.15, -0.1) is 0 Å². The summed E-state index contributed by atoms with van der Waals surface area (Å²) in [5.74, 6) is 0.710. The van der Waals surface area contributed by atoms with Crippen molar-refractivity contribution in [3.63, 3.8) is 0 Å². The van der Waals surface area contributed by atoms with Gasteiger partial charge in [0.15, 0.2) is 0 Å². The van der Waals surface area contributed by atoms with Gasteiger partial charge in [0.1, 0.15) is 11.7 Å². The van der Waals surface area contributed by atoms with Gasteiger partial charge in [0.25, 0.3) is 0 Å². The highest BCUT2D eigenvalue weighted by Gasteiger charge is 2.29. The van der Waals surface area contributed by atoms with Crippen molar-refractivity contribution < 1.29 is 9.84 Å². The highest BCUT2D eigenvalue weighted by Crippen LogP contribution is 2.25. The average Bonchev–Trinajstić information content (AvgIpc) is 2.38. The van der Waals surface area contributed by atoms with E-state index in [1.54, 1.807) is 6.20 Å². The average molecular weight is 264 g/mol. The van der Waals surface area contributed by atoms with Crippen LogP contribution >= 0.6 is 0 Å². The number of aromatic nitrogens is 1. The maximum atomic E-state index is 9.24. The summed E-state index contributed by atoms with van der Waals surface area (Å²) in [6.45, 7) is 5.00. The number of nitrogen functional groups attached to an aromatic ring is 1. The molecule has 2 heterocycles. The van der Waals surface area contributed by atoms with Gasteiger partial charge in [-0.05, 0) is 25.5 Å². The summed E-state index contributed by atoms with van der Waals surface area (Å²) in [5, 5.41) is 17.0. The number of aliphatic hydroxyl groups excluding tert-OH is 1. The monoisotopic (exact) mass is 264 g/mol. The minimum atomic E-state index is -0.224. The van der Waals surface area contributed by atoms with E-state index in [1.807, 2.05) is 24.8 Å². The number of ether oxygens (including phenoxy) is 1. The van der Waals surface area contributed by atoms with Gasteiger partial charge in [0.2, 0.25) is 0 Å². The van der Waals surface area contributed by atoms with Crippen LogP contribution in [0, 0.1) is 12.3 Å². The van der Waals surface area contributed by atoms with Crippen LogP contribution in [0.15, 0.2) is 12.3 Å². The lowest BCUT2D eigenvalue weighted by atomic mass is 10.1. The van der Waals surface area contributed by atoms with Crippen LogP contribution in [-0.2, 0) is 4.74 Å². The molecule has 1 saturated heterocycles. The first kappa shape index (κ1) is 13.8. The Morgan fingerprint density at radius 1 is 1.68 bits per heavy atom. The van der Waals surface area contributed by atoms with Gasteiger partial charge >= 0.3 is 0 Å². The Morgan fingerprint density at radius 3 is 3.05 bits per heavy atom. The number of nitrogens with two attached hydrogens (primary N) is 1.